The van der Waals surface area contributed by atoms with Gasteiger partial charge in [0.25, 0.3) is 0 Å². The number of hydrogen-bond acceptors (Lipinski definition) is 3. The van der Waals surface area contributed by atoms with Crippen molar-refractivity contribution < 1.29 is 22.7 Å². The van der Waals surface area contributed by atoms with Crippen LogP contribution in [0.2, 0.25) is 0 Å². The second-order valence-electron chi connectivity index (χ2n) is 3.45. The maximum absolute atomic E-state index is 13.0. The summed E-state index contributed by atoms with van der Waals surface area (Å²) in [5, 5.41) is 8.38. The number of nitrogens with one attached hydrogen (secondary N) is 1. The maximum Gasteiger partial charge on any atom is 0.304 e. The van der Waals surface area contributed by atoms with Crippen LogP contribution in [0.5, 0.6) is 0 Å². The van der Waals surface area contributed by atoms with Gasteiger partial charge in [-0.3, -0.25) is 4.79 Å². The Balaban J connectivity index is 2.82. The number of rotatable bonds is 5. The quantitative estimate of drug-likeness (QED) is 0.824. The average Bonchev–Trinajstić information content (AvgIpc) is 2.21. The first-order valence-electron chi connectivity index (χ1n) is 4.80. The molecule has 0 atom stereocenters. The van der Waals surface area contributed by atoms with Gasteiger partial charge in [-0.25, -0.2) is 17.5 Å². The molecular weight excluding hydrogens is 249 g/mol. The van der Waals surface area contributed by atoms with Crippen LogP contribution in [-0.2, 0) is 14.8 Å². The summed E-state index contributed by atoms with van der Waals surface area (Å²) in [4.78, 5) is 10.2. The topological polar surface area (TPSA) is 83.5 Å². The molecule has 0 spiro atoms. The molecule has 0 amide bonds. The van der Waals surface area contributed by atoms with Crippen molar-refractivity contribution in [3.63, 3.8) is 0 Å². The monoisotopic (exact) mass is 261 g/mol. The van der Waals surface area contributed by atoms with Gasteiger partial charge in [-0.15, -0.1) is 0 Å². The number of aryl methyl sites for hydroxylation is 1. The Morgan fingerprint density at radius 3 is 2.65 bits per heavy atom. The Kier molecular flexibility index (Phi) is 4.19. The molecule has 0 saturated carbocycles. The van der Waals surface area contributed by atoms with E-state index in [0.717, 1.165) is 12.1 Å². The molecule has 0 heterocycles. The van der Waals surface area contributed by atoms with Crippen molar-refractivity contribution in [1.82, 2.24) is 4.72 Å². The van der Waals surface area contributed by atoms with Gasteiger partial charge in [-0.05, 0) is 30.7 Å². The molecule has 1 rings (SSSR count). The van der Waals surface area contributed by atoms with E-state index >= 15 is 0 Å². The molecule has 1 aromatic rings. The normalized spacial score (nSPS) is 11.4. The summed E-state index contributed by atoms with van der Waals surface area (Å²) >= 11 is 0. The molecule has 0 aromatic heterocycles. The number of halogens is 1. The van der Waals surface area contributed by atoms with E-state index in [4.69, 9.17) is 5.11 Å². The summed E-state index contributed by atoms with van der Waals surface area (Å²) in [6.45, 7) is 1.25. The lowest BCUT2D eigenvalue weighted by Gasteiger charge is -2.06. The Bertz CT molecular complexity index is 527. The highest BCUT2D eigenvalue weighted by molar-refractivity contribution is 7.89. The van der Waals surface area contributed by atoms with Gasteiger partial charge in [-0.1, -0.05) is 0 Å². The van der Waals surface area contributed by atoms with Crippen molar-refractivity contribution in [1.29, 1.82) is 0 Å². The third-order valence-electron chi connectivity index (χ3n) is 2.07. The lowest BCUT2D eigenvalue weighted by molar-refractivity contribution is -0.136. The van der Waals surface area contributed by atoms with E-state index < -0.39 is 21.8 Å². The first kappa shape index (κ1) is 13.6. The van der Waals surface area contributed by atoms with Crippen LogP contribution in [0.15, 0.2) is 23.1 Å². The van der Waals surface area contributed by atoms with E-state index in [2.05, 4.69) is 4.72 Å². The van der Waals surface area contributed by atoms with Crippen molar-refractivity contribution in [3.05, 3.63) is 29.6 Å². The molecular formula is C10H12FNO4S. The molecule has 0 aliphatic rings. The Labute approximate surface area is 98.3 Å². The molecule has 5 nitrogen and oxygen atoms in total. The molecule has 0 radical (unpaired) electrons. The molecule has 0 aliphatic heterocycles. The van der Waals surface area contributed by atoms with Gasteiger partial charge in [-0.2, -0.15) is 0 Å². The number of carboxylic acid groups (broad SMARTS) is 1. The van der Waals surface area contributed by atoms with Crippen molar-refractivity contribution in [2.75, 3.05) is 6.54 Å². The molecule has 2 N–H and O–H groups in total. The summed E-state index contributed by atoms with van der Waals surface area (Å²) in [5.74, 6) is -1.59. The predicted octanol–water partition coefficient (Wildman–Crippen LogP) is 0.887. The van der Waals surface area contributed by atoms with E-state index in [1.165, 1.54) is 13.0 Å². The highest BCUT2D eigenvalue weighted by Crippen LogP contribution is 2.13. The van der Waals surface area contributed by atoms with Crippen molar-refractivity contribution in [3.8, 4) is 0 Å². The Hall–Kier alpha value is -1.47. The fourth-order valence-corrected chi connectivity index (χ4v) is 2.28. The molecule has 0 aliphatic carbocycles. The molecule has 94 valence electrons. The highest BCUT2D eigenvalue weighted by Gasteiger charge is 2.15. The van der Waals surface area contributed by atoms with Crippen LogP contribution < -0.4 is 4.72 Å². The summed E-state index contributed by atoms with van der Waals surface area (Å²) in [6, 6.07) is 3.38. The first-order valence-corrected chi connectivity index (χ1v) is 6.29. The minimum absolute atomic E-state index is 0.0817. The Morgan fingerprint density at radius 2 is 2.12 bits per heavy atom. The summed E-state index contributed by atoms with van der Waals surface area (Å²) in [6.07, 6.45) is -0.306. The number of carbonyl (C=O) groups is 1. The van der Waals surface area contributed by atoms with Crippen molar-refractivity contribution >= 4 is 16.0 Å². The summed E-state index contributed by atoms with van der Waals surface area (Å²) in [7, 11) is -3.78. The van der Waals surface area contributed by atoms with Crippen molar-refractivity contribution in [2.45, 2.75) is 18.2 Å². The van der Waals surface area contributed by atoms with E-state index in [-0.39, 0.29) is 23.4 Å². The smallest absolute Gasteiger partial charge is 0.304 e. The van der Waals surface area contributed by atoms with Crippen LogP contribution in [0.1, 0.15) is 12.0 Å². The second kappa shape index (κ2) is 5.24. The van der Waals surface area contributed by atoms with Gasteiger partial charge in [0, 0.05) is 6.54 Å². The minimum atomic E-state index is -3.78. The minimum Gasteiger partial charge on any atom is -0.481 e. The number of sulfonamides is 1. The van der Waals surface area contributed by atoms with Crippen LogP contribution in [0, 0.1) is 12.7 Å². The third kappa shape index (κ3) is 3.79. The van der Waals surface area contributed by atoms with Gasteiger partial charge in [0.2, 0.25) is 10.0 Å². The van der Waals surface area contributed by atoms with Gasteiger partial charge in [0.05, 0.1) is 11.3 Å². The molecule has 17 heavy (non-hydrogen) atoms. The first-order chi connectivity index (χ1) is 7.83. The molecule has 0 fully saturated rings. The zero-order chi connectivity index (χ0) is 13.1. The zero-order valence-corrected chi connectivity index (χ0v) is 9.92. The molecule has 1 aromatic carbocycles. The summed E-state index contributed by atoms with van der Waals surface area (Å²) < 4.78 is 38.4. The molecule has 0 bridgehead atoms. The average molecular weight is 261 g/mol. The largest absolute Gasteiger partial charge is 0.481 e. The van der Waals surface area contributed by atoms with Crippen LogP contribution >= 0.6 is 0 Å². The van der Waals surface area contributed by atoms with E-state index in [1.54, 1.807) is 0 Å². The van der Waals surface area contributed by atoms with Gasteiger partial charge in [0.1, 0.15) is 5.82 Å². The van der Waals surface area contributed by atoms with Crippen molar-refractivity contribution in [2.24, 2.45) is 0 Å². The SMILES string of the molecule is Cc1cc(S(=O)(=O)NCCC(=O)O)ccc1F. The fraction of sp³-hybridized carbons (Fsp3) is 0.300. The van der Waals surface area contributed by atoms with E-state index in [0.29, 0.717) is 0 Å². The lowest BCUT2D eigenvalue weighted by atomic mass is 10.2. The van der Waals surface area contributed by atoms with Gasteiger partial charge < -0.3 is 5.11 Å². The summed E-state index contributed by atoms with van der Waals surface area (Å²) in [5.41, 5.74) is 0.214. The lowest BCUT2D eigenvalue weighted by Crippen LogP contribution is -2.26. The number of benzene rings is 1. The van der Waals surface area contributed by atoms with Crippen LogP contribution in [-0.4, -0.2) is 26.0 Å². The molecule has 0 unspecified atom stereocenters. The molecule has 0 saturated heterocycles. The second-order valence-corrected chi connectivity index (χ2v) is 5.22. The number of aliphatic carboxylic acids is 1. The number of hydrogen-bond donors (Lipinski definition) is 2. The number of carboxylic acids is 1. The predicted molar refractivity (Wildman–Crippen MR) is 58.6 cm³/mol. The highest BCUT2D eigenvalue weighted by atomic mass is 32.2. The third-order valence-corrected chi connectivity index (χ3v) is 3.53. The van der Waals surface area contributed by atoms with Crippen LogP contribution in [0.3, 0.4) is 0 Å². The van der Waals surface area contributed by atoms with E-state index in [1.807, 2.05) is 0 Å². The Morgan fingerprint density at radius 1 is 1.47 bits per heavy atom. The van der Waals surface area contributed by atoms with Gasteiger partial charge >= 0.3 is 5.97 Å². The fourth-order valence-electron chi connectivity index (χ4n) is 1.16. The van der Waals surface area contributed by atoms with E-state index in [9.17, 15) is 17.6 Å². The standard InChI is InChI=1S/C10H12FNO4S/c1-7-6-8(2-3-9(7)11)17(15,16)12-5-4-10(13)14/h2-3,6,12H,4-5H2,1H3,(H,13,14). The molecule has 7 heteroatoms. The maximum atomic E-state index is 13.0. The zero-order valence-electron chi connectivity index (χ0n) is 9.10. The van der Waals surface area contributed by atoms with Crippen LogP contribution in [0.25, 0.3) is 0 Å². The van der Waals surface area contributed by atoms with Crippen LogP contribution in [0.4, 0.5) is 4.39 Å². The van der Waals surface area contributed by atoms with Gasteiger partial charge in [0.15, 0.2) is 0 Å².